The molecule has 0 aliphatic rings. The second kappa shape index (κ2) is 8.00. The Balaban J connectivity index is 3.88. The third kappa shape index (κ3) is 9.32. The van der Waals surface area contributed by atoms with E-state index in [0.29, 0.717) is 0 Å². The highest BCUT2D eigenvalue weighted by Crippen LogP contribution is 2.02. The molecule has 0 bridgehead atoms. The molecule has 0 rings (SSSR count). The number of urea groups is 1. The summed E-state index contributed by atoms with van der Waals surface area (Å²) < 4.78 is 4.45. The number of amides is 3. The van der Waals surface area contributed by atoms with E-state index in [2.05, 4.69) is 15.4 Å². The Labute approximate surface area is 117 Å². The molecule has 0 radical (unpaired) electrons. The van der Waals surface area contributed by atoms with E-state index in [-0.39, 0.29) is 11.5 Å². The molecule has 7 nitrogen and oxygen atoms in total. The minimum Gasteiger partial charge on any atom is -0.468 e. The van der Waals surface area contributed by atoms with Crippen molar-refractivity contribution in [1.82, 2.24) is 10.6 Å². The number of thioether (sulfide) groups is 1. The fourth-order valence-electron chi connectivity index (χ4n) is 1.03. The number of rotatable bonds is 5. The van der Waals surface area contributed by atoms with E-state index in [1.54, 1.807) is 20.8 Å². The molecule has 8 heteroatoms. The van der Waals surface area contributed by atoms with Crippen molar-refractivity contribution in [3.63, 3.8) is 0 Å². The zero-order valence-electron chi connectivity index (χ0n) is 11.6. The van der Waals surface area contributed by atoms with Gasteiger partial charge in [0.1, 0.15) is 6.04 Å². The third-order valence-electron chi connectivity index (χ3n) is 1.78. The summed E-state index contributed by atoms with van der Waals surface area (Å²) >= 11 is 1.16. The Kier molecular flexibility index (Phi) is 7.47. The molecular weight excluding hydrogens is 270 g/mol. The molecule has 0 saturated carbocycles. The van der Waals surface area contributed by atoms with E-state index in [0.717, 1.165) is 11.8 Å². The fraction of sp³-hybridized carbons (Fsp3) is 0.727. The van der Waals surface area contributed by atoms with E-state index in [1.807, 2.05) is 0 Å². The summed E-state index contributed by atoms with van der Waals surface area (Å²) in [7, 11) is 1.25. The van der Waals surface area contributed by atoms with Crippen LogP contribution in [0.1, 0.15) is 20.8 Å². The number of imide groups is 1. The number of methoxy groups -OCH3 is 1. The molecule has 3 amide bonds. The first-order chi connectivity index (χ1) is 8.65. The van der Waals surface area contributed by atoms with Crippen LogP contribution in [0.3, 0.4) is 0 Å². The van der Waals surface area contributed by atoms with Gasteiger partial charge in [-0.15, -0.1) is 11.8 Å². The minimum absolute atomic E-state index is 0.0439. The van der Waals surface area contributed by atoms with Gasteiger partial charge in [0, 0.05) is 11.3 Å². The maximum Gasteiger partial charge on any atom is 0.323 e. The lowest BCUT2D eigenvalue weighted by Crippen LogP contribution is -2.48. The van der Waals surface area contributed by atoms with Gasteiger partial charge in [0.2, 0.25) is 5.91 Å². The monoisotopic (exact) mass is 291 g/mol. The Morgan fingerprint density at radius 1 is 1.32 bits per heavy atom. The molecule has 0 fully saturated rings. The standard InChI is InChI=1S/C11H21N3O4S/c1-11(2,3)14-10(17)13-8(15)6-19-5-7(12)9(16)18-4/h7H,5-6,12H2,1-4H3,(H2,13,14,15,17). The van der Waals surface area contributed by atoms with Gasteiger partial charge in [0.15, 0.2) is 0 Å². The topological polar surface area (TPSA) is 111 Å². The van der Waals surface area contributed by atoms with E-state index in [4.69, 9.17) is 5.73 Å². The van der Waals surface area contributed by atoms with Crippen LogP contribution in [0.15, 0.2) is 0 Å². The highest BCUT2D eigenvalue weighted by Gasteiger charge is 2.17. The van der Waals surface area contributed by atoms with Gasteiger partial charge in [-0.25, -0.2) is 4.79 Å². The Morgan fingerprint density at radius 3 is 2.37 bits per heavy atom. The predicted octanol–water partition coefficient (Wildman–Crippen LogP) is -0.156. The summed E-state index contributed by atoms with van der Waals surface area (Å²) in [6, 6.07) is -1.32. The molecule has 110 valence electrons. The number of hydrogen-bond acceptors (Lipinski definition) is 6. The highest BCUT2D eigenvalue weighted by molar-refractivity contribution is 8.00. The van der Waals surface area contributed by atoms with Gasteiger partial charge in [0.05, 0.1) is 12.9 Å². The lowest BCUT2D eigenvalue weighted by molar-refractivity contribution is -0.141. The quantitative estimate of drug-likeness (QED) is 0.607. The Hall–Kier alpha value is -1.28. The van der Waals surface area contributed by atoms with Crippen molar-refractivity contribution in [3.8, 4) is 0 Å². The van der Waals surface area contributed by atoms with Gasteiger partial charge >= 0.3 is 12.0 Å². The average molecular weight is 291 g/mol. The van der Waals surface area contributed by atoms with Gasteiger partial charge in [-0.1, -0.05) is 0 Å². The summed E-state index contributed by atoms with van der Waals surface area (Å²) in [4.78, 5) is 33.8. The maximum absolute atomic E-state index is 11.4. The first-order valence-electron chi connectivity index (χ1n) is 5.69. The van der Waals surface area contributed by atoms with Crippen LogP contribution in [-0.2, 0) is 14.3 Å². The third-order valence-corrected chi connectivity index (χ3v) is 2.84. The van der Waals surface area contributed by atoms with Crippen molar-refractivity contribution in [1.29, 1.82) is 0 Å². The van der Waals surface area contributed by atoms with Gasteiger partial charge in [0.25, 0.3) is 0 Å². The molecule has 0 saturated heterocycles. The number of hydrogen-bond donors (Lipinski definition) is 3. The number of nitrogens with one attached hydrogen (secondary N) is 2. The van der Waals surface area contributed by atoms with E-state index < -0.39 is 29.5 Å². The first kappa shape index (κ1) is 17.7. The van der Waals surface area contributed by atoms with Crippen LogP contribution in [-0.4, -0.2) is 48.1 Å². The van der Waals surface area contributed by atoms with Gasteiger partial charge < -0.3 is 15.8 Å². The van der Waals surface area contributed by atoms with Crippen molar-refractivity contribution in [2.75, 3.05) is 18.6 Å². The highest BCUT2D eigenvalue weighted by atomic mass is 32.2. The van der Waals surface area contributed by atoms with Crippen LogP contribution in [0.25, 0.3) is 0 Å². The largest absolute Gasteiger partial charge is 0.468 e. The van der Waals surface area contributed by atoms with Crippen LogP contribution >= 0.6 is 11.8 Å². The first-order valence-corrected chi connectivity index (χ1v) is 6.84. The molecule has 0 heterocycles. The van der Waals surface area contributed by atoms with Crippen LogP contribution in [0, 0.1) is 0 Å². The molecule has 1 atom stereocenters. The number of ether oxygens (including phenoxy) is 1. The molecule has 19 heavy (non-hydrogen) atoms. The summed E-state index contributed by atoms with van der Waals surface area (Å²) in [5.41, 5.74) is 5.08. The molecule has 0 aliphatic carbocycles. The summed E-state index contributed by atoms with van der Waals surface area (Å²) in [6.07, 6.45) is 0. The number of esters is 1. The predicted molar refractivity (Wildman–Crippen MR) is 73.7 cm³/mol. The summed E-state index contributed by atoms with van der Waals surface area (Å²) in [5.74, 6) is -0.675. The molecule has 4 N–H and O–H groups in total. The molecule has 1 unspecified atom stereocenters. The normalized spacial score (nSPS) is 12.5. The smallest absolute Gasteiger partial charge is 0.323 e. The number of carbonyl (C=O) groups excluding carboxylic acids is 3. The van der Waals surface area contributed by atoms with E-state index in [1.165, 1.54) is 7.11 Å². The second-order valence-corrected chi connectivity index (χ2v) is 5.93. The van der Waals surface area contributed by atoms with E-state index >= 15 is 0 Å². The molecule has 0 aromatic heterocycles. The van der Waals surface area contributed by atoms with Crippen LogP contribution in [0.4, 0.5) is 4.79 Å². The van der Waals surface area contributed by atoms with Crippen LogP contribution < -0.4 is 16.4 Å². The SMILES string of the molecule is COC(=O)C(N)CSCC(=O)NC(=O)NC(C)(C)C. The number of nitrogens with two attached hydrogens (primary N) is 1. The van der Waals surface area contributed by atoms with Gasteiger partial charge in [-0.05, 0) is 20.8 Å². The van der Waals surface area contributed by atoms with Crippen molar-refractivity contribution in [3.05, 3.63) is 0 Å². The minimum atomic E-state index is -0.772. The van der Waals surface area contributed by atoms with Gasteiger partial charge in [-0.2, -0.15) is 0 Å². The lowest BCUT2D eigenvalue weighted by Gasteiger charge is -2.20. The van der Waals surface area contributed by atoms with Gasteiger partial charge in [-0.3, -0.25) is 14.9 Å². The molecule has 0 aromatic carbocycles. The van der Waals surface area contributed by atoms with Crippen molar-refractivity contribution >= 4 is 29.7 Å². The van der Waals surface area contributed by atoms with E-state index in [9.17, 15) is 14.4 Å². The molecule has 0 aromatic rings. The zero-order chi connectivity index (χ0) is 15.1. The van der Waals surface area contributed by atoms with Crippen molar-refractivity contribution < 1.29 is 19.1 Å². The van der Waals surface area contributed by atoms with Crippen molar-refractivity contribution in [2.24, 2.45) is 5.73 Å². The molecular formula is C11H21N3O4S. The fourth-order valence-corrected chi connectivity index (χ4v) is 1.80. The Morgan fingerprint density at radius 2 is 1.89 bits per heavy atom. The lowest BCUT2D eigenvalue weighted by atomic mass is 10.1. The molecule has 0 spiro atoms. The van der Waals surface area contributed by atoms with Crippen molar-refractivity contribution in [2.45, 2.75) is 32.4 Å². The zero-order valence-corrected chi connectivity index (χ0v) is 12.4. The summed E-state index contributed by atoms with van der Waals surface area (Å²) in [6.45, 7) is 5.42. The maximum atomic E-state index is 11.4. The second-order valence-electron chi connectivity index (χ2n) is 4.90. The van der Waals surface area contributed by atoms with Crippen LogP contribution in [0.2, 0.25) is 0 Å². The number of carbonyl (C=O) groups is 3. The average Bonchev–Trinajstić information content (AvgIpc) is 2.24. The van der Waals surface area contributed by atoms with Crippen LogP contribution in [0.5, 0.6) is 0 Å². The summed E-state index contributed by atoms with van der Waals surface area (Å²) in [5, 5.41) is 4.78. The Bertz CT molecular complexity index is 341. The molecule has 0 aliphatic heterocycles.